The molecular weight excluding hydrogens is 264 g/mol. The van der Waals surface area contributed by atoms with E-state index in [0.29, 0.717) is 13.0 Å². The molecule has 0 saturated carbocycles. The molecule has 110 valence electrons. The van der Waals surface area contributed by atoms with E-state index >= 15 is 0 Å². The van der Waals surface area contributed by atoms with Gasteiger partial charge in [0, 0.05) is 0 Å². The molecule has 4 heteroatoms. The zero-order valence-electron chi connectivity index (χ0n) is 12.1. The lowest BCUT2D eigenvalue weighted by Crippen LogP contribution is -2.43. The molecule has 21 heavy (non-hydrogen) atoms. The van der Waals surface area contributed by atoms with E-state index in [-0.39, 0.29) is 11.9 Å². The first-order valence-corrected chi connectivity index (χ1v) is 6.96. The highest BCUT2D eigenvalue weighted by Crippen LogP contribution is 2.04. The smallest absolute Gasteiger partial charge is 0.260 e. The van der Waals surface area contributed by atoms with Gasteiger partial charge in [-0.25, -0.2) is 5.48 Å². The van der Waals surface area contributed by atoms with Gasteiger partial charge in [0.05, 0.1) is 12.6 Å². The molecule has 4 nitrogen and oxygen atoms in total. The van der Waals surface area contributed by atoms with Crippen LogP contribution in [0.3, 0.4) is 0 Å². The van der Waals surface area contributed by atoms with Gasteiger partial charge in [-0.05, 0) is 24.6 Å². The molecule has 2 aromatic rings. The van der Waals surface area contributed by atoms with Crippen LogP contribution >= 0.6 is 0 Å². The Bertz CT molecular complexity index is 543. The molecule has 0 aliphatic heterocycles. The van der Waals surface area contributed by atoms with Crippen molar-refractivity contribution in [1.29, 1.82) is 0 Å². The number of carbonyl (C=O) groups excluding carboxylic acids is 1. The summed E-state index contributed by atoms with van der Waals surface area (Å²) in [5.41, 5.74) is 4.62. The zero-order valence-corrected chi connectivity index (χ0v) is 12.1. The minimum atomic E-state index is -0.317. The van der Waals surface area contributed by atoms with E-state index in [0.717, 1.165) is 11.1 Å². The van der Waals surface area contributed by atoms with Crippen LogP contribution in [0.15, 0.2) is 60.7 Å². The molecule has 0 radical (unpaired) electrons. The maximum absolute atomic E-state index is 12.1. The van der Waals surface area contributed by atoms with E-state index in [1.54, 1.807) is 7.05 Å². The lowest BCUT2D eigenvalue weighted by molar-refractivity contribution is -0.136. The van der Waals surface area contributed by atoms with Crippen molar-refractivity contribution in [2.45, 2.75) is 19.1 Å². The van der Waals surface area contributed by atoms with Crippen LogP contribution in [0.4, 0.5) is 0 Å². The van der Waals surface area contributed by atoms with Crippen LogP contribution in [0.1, 0.15) is 11.1 Å². The van der Waals surface area contributed by atoms with Crippen molar-refractivity contribution in [3.63, 3.8) is 0 Å². The van der Waals surface area contributed by atoms with E-state index in [2.05, 4.69) is 10.8 Å². The maximum atomic E-state index is 12.1. The van der Waals surface area contributed by atoms with Gasteiger partial charge >= 0.3 is 0 Å². The fraction of sp³-hybridized carbons (Fsp3) is 0.235. The Morgan fingerprint density at radius 1 is 1.00 bits per heavy atom. The molecule has 0 bridgehead atoms. The van der Waals surface area contributed by atoms with E-state index in [1.165, 1.54) is 0 Å². The Hall–Kier alpha value is -2.17. The van der Waals surface area contributed by atoms with Crippen LogP contribution in [0.2, 0.25) is 0 Å². The summed E-state index contributed by atoms with van der Waals surface area (Å²) in [4.78, 5) is 17.3. The number of benzene rings is 2. The molecule has 0 fully saturated rings. The highest BCUT2D eigenvalue weighted by Gasteiger charge is 2.16. The molecule has 1 unspecified atom stereocenters. The Morgan fingerprint density at radius 2 is 1.57 bits per heavy atom. The second kappa shape index (κ2) is 8.19. The minimum absolute atomic E-state index is 0.169. The summed E-state index contributed by atoms with van der Waals surface area (Å²) < 4.78 is 0. The van der Waals surface area contributed by atoms with Gasteiger partial charge in [0.2, 0.25) is 0 Å². The number of rotatable bonds is 7. The van der Waals surface area contributed by atoms with Crippen LogP contribution in [0.25, 0.3) is 0 Å². The molecule has 0 saturated heterocycles. The number of hydrogen-bond donors (Lipinski definition) is 2. The number of nitrogens with one attached hydrogen (secondary N) is 2. The van der Waals surface area contributed by atoms with Gasteiger partial charge in [0.25, 0.3) is 5.91 Å². The van der Waals surface area contributed by atoms with E-state index < -0.39 is 0 Å². The topological polar surface area (TPSA) is 50.4 Å². The minimum Gasteiger partial charge on any atom is -0.309 e. The van der Waals surface area contributed by atoms with E-state index in [9.17, 15) is 4.79 Å². The zero-order chi connectivity index (χ0) is 14.9. The standard InChI is InChI=1S/C17H20N2O2/c1-18-16(12-14-8-4-2-5-9-14)17(20)19-21-13-15-10-6-3-7-11-15/h2-11,16,18H,12-13H2,1H3,(H,19,20). The first-order valence-electron chi connectivity index (χ1n) is 6.96. The summed E-state index contributed by atoms with van der Waals surface area (Å²) in [6.07, 6.45) is 0.623. The van der Waals surface area contributed by atoms with Crippen LogP contribution in [-0.4, -0.2) is 19.0 Å². The summed E-state index contributed by atoms with van der Waals surface area (Å²) in [6, 6.07) is 19.3. The fourth-order valence-corrected chi connectivity index (χ4v) is 2.01. The number of amides is 1. The largest absolute Gasteiger partial charge is 0.309 e. The summed E-state index contributed by atoms with van der Waals surface area (Å²) in [6.45, 7) is 0.356. The summed E-state index contributed by atoms with van der Waals surface area (Å²) in [5.74, 6) is -0.169. The highest BCUT2D eigenvalue weighted by molar-refractivity contribution is 5.81. The summed E-state index contributed by atoms with van der Waals surface area (Å²) in [7, 11) is 1.77. The van der Waals surface area contributed by atoms with Gasteiger partial charge < -0.3 is 5.32 Å². The third-order valence-electron chi connectivity index (χ3n) is 3.20. The van der Waals surface area contributed by atoms with E-state index in [1.807, 2.05) is 60.7 Å². The quantitative estimate of drug-likeness (QED) is 0.765. The second-order valence-electron chi connectivity index (χ2n) is 4.77. The molecule has 2 N–H and O–H groups in total. The van der Waals surface area contributed by atoms with Gasteiger partial charge in [-0.3, -0.25) is 9.63 Å². The van der Waals surface area contributed by atoms with Gasteiger partial charge in [-0.1, -0.05) is 60.7 Å². The normalized spacial score (nSPS) is 11.9. The number of likely N-dealkylation sites (N-methyl/N-ethyl adjacent to an activating group) is 1. The van der Waals surface area contributed by atoms with Crippen LogP contribution in [-0.2, 0) is 22.7 Å². The first kappa shape index (κ1) is 15.2. The molecule has 2 rings (SSSR count). The Balaban J connectivity index is 1.80. The van der Waals surface area contributed by atoms with Crippen molar-refractivity contribution >= 4 is 5.91 Å². The summed E-state index contributed by atoms with van der Waals surface area (Å²) in [5, 5.41) is 3.01. The van der Waals surface area contributed by atoms with Crippen molar-refractivity contribution in [1.82, 2.24) is 10.8 Å². The average Bonchev–Trinajstić information content (AvgIpc) is 2.54. The third-order valence-corrected chi connectivity index (χ3v) is 3.20. The molecule has 0 heterocycles. The van der Waals surface area contributed by atoms with Crippen molar-refractivity contribution in [2.75, 3.05) is 7.05 Å². The van der Waals surface area contributed by atoms with Crippen LogP contribution < -0.4 is 10.8 Å². The van der Waals surface area contributed by atoms with Crippen molar-refractivity contribution in [3.8, 4) is 0 Å². The molecule has 0 spiro atoms. The maximum Gasteiger partial charge on any atom is 0.260 e. The molecule has 1 amide bonds. The van der Waals surface area contributed by atoms with Gasteiger partial charge in [-0.15, -0.1) is 0 Å². The summed E-state index contributed by atoms with van der Waals surface area (Å²) >= 11 is 0. The van der Waals surface area contributed by atoms with Crippen LogP contribution in [0.5, 0.6) is 0 Å². The molecule has 0 aliphatic carbocycles. The first-order chi connectivity index (χ1) is 10.3. The number of hydrogen-bond acceptors (Lipinski definition) is 3. The van der Waals surface area contributed by atoms with Gasteiger partial charge in [0.15, 0.2) is 0 Å². The van der Waals surface area contributed by atoms with Gasteiger partial charge in [-0.2, -0.15) is 0 Å². The highest BCUT2D eigenvalue weighted by atomic mass is 16.6. The number of hydroxylamine groups is 1. The molecule has 2 aromatic carbocycles. The fourth-order valence-electron chi connectivity index (χ4n) is 2.01. The van der Waals surface area contributed by atoms with Crippen molar-refractivity contribution in [3.05, 3.63) is 71.8 Å². The van der Waals surface area contributed by atoms with E-state index in [4.69, 9.17) is 4.84 Å². The number of carbonyl (C=O) groups is 1. The Morgan fingerprint density at radius 3 is 2.14 bits per heavy atom. The predicted molar refractivity (Wildman–Crippen MR) is 82.4 cm³/mol. The van der Waals surface area contributed by atoms with Crippen molar-refractivity contribution in [2.24, 2.45) is 0 Å². The predicted octanol–water partition coefficient (Wildman–Crippen LogP) is 2.07. The average molecular weight is 284 g/mol. The molecule has 0 aromatic heterocycles. The van der Waals surface area contributed by atoms with Gasteiger partial charge in [0.1, 0.15) is 0 Å². The second-order valence-corrected chi connectivity index (χ2v) is 4.77. The molecule has 0 aliphatic rings. The third kappa shape index (κ3) is 5.02. The Labute approximate surface area is 125 Å². The SMILES string of the molecule is CNC(Cc1ccccc1)C(=O)NOCc1ccccc1. The van der Waals surface area contributed by atoms with Crippen LogP contribution in [0, 0.1) is 0 Å². The molecule has 1 atom stereocenters. The van der Waals surface area contributed by atoms with Crippen molar-refractivity contribution < 1.29 is 9.63 Å². The Kier molecular flexibility index (Phi) is 5.94. The lowest BCUT2D eigenvalue weighted by Gasteiger charge is -2.16. The molecular formula is C17H20N2O2. The lowest BCUT2D eigenvalue weighted by atomic mass is 10.1. The monoisotopic (exact) mass is 284 g/mol.